The lowest BCUT2D eigenvalue weighted by Gasteiger charge is -2.10. The smallest absolute Gasteiger partial charge is 0.227 e. The molecule has 5 nitrogen and oxygen atoms in total. The number of benzene rings is 6. The van der Waals surface area contributed by atoms with Crippen molar-refractivity contribution in [1.82, 2.24) is 19.9 Å². The maximum absolute atomic E-state index is 6.11. The molecular weight excluding hydrogens is 617 g/mol. The first kappa shape index (κ1) is 26.5. The molecule has 4 heterocycles. The van der Waals surface area contributed by atoms with E-state index in [1.807, 2.05) is 42.5 Å². The lowest BCUT2D eigenvalue weighted by Crippen LogP contribution is -2.00. The van der Waals surface area contributed by atoms with Crippen LogP contribution < -0.4 is 0 Å². The molecule has 0 radical (unpaired) electrons. The number of nitrogens with zero attached hydrogens (tertiary/aromatic N) is 4. The third-order valence-electron chi connectivity index (χ3n) is 8.59. The van der Waals surface area contributed by atoms with Gasteiger partial charge in [0.25, 0.3) is 0 Å². The van der Waals surface area contributed by atoms with Gasteiger partial charge in [0.1, 0.15) is 5.52 Å². The number of thiophene rings is 2. The van der Waals surface area contributed by atoms with E-state index >= 15 is 0 Å². The van der Waals surface area contributed by atoms with E-state index in [0.717, 1.165) is 48.8 Å². The van der Waals surface area contributed by atoms with E-state index in [4.69, 9.17) is 24.4 Å². The SMILES string of the molecule is c1ccc(-c2nc(-c3cccc4c3sc3ccc(-c5nc6ccccc6o5)cc34)nc(-c3cccc4sc5ccccc5c34)n2)cc1. The number of hydrogen-bond acceptors (Lipinski definition) is 7. The quantitative estimate of drug-likeness (QED) is 0.192. The average Bonchev–Trinajstić information content (AvgIpc) is 3.85. The van der Waals surface area contributed by atoms with E-state index in [1.165, 1.54) is 24.9 Å². The molecule has 0 bridgehead atoms. The minimum absolute atomic E-state index is 0.619. The number of hydrogen-bond donors (Lipinski definition) is 0. The van der Waals surface area contributed by atoms with Gasteiger partial charge in [-0.15, -0.1) is 22.7 Å². The first-order valence-corrected chi connectivity index (χ1v) is 16.9. The molecule has 0 aliphatic carbocycles. The summed E-state index contributed by atoms with van der Waals surface area (Å²) in [6, 6.07) is 45.8. The minimum atomic E-state index is 0.619. The highest BCUT2D eigenvalue weighted by molar-refractivity contribution is 7.26. The Balaban J connectivity index is 1.19. The van der Waals surface area contributed by atoms with Crippen LogP contribution in [0.3, 0.4) is 0 Å². The van der Waals surface area contributed by atoms with E-state index in [2.05, 4.69) is 91.0 Å². The summed E-state index contributed by atoms with van der Waals surface area (Å²) in [7, 11) is 0. The molecule has 10 rings (SSSR count). The van der Waals surface area contributed by atoms with E-state index in [0.29, 0.717) is 23.4 Å². The van der Waals surface area contributed by atoms with Gasteiger partial charge in [-0.2, -0.15) is 0 Å². The van der Waals surface area contributed by atoms with Gasteiger partial charge in [-0.25, -0.2) is 19.9 Å². The average molecular weight is 639 g/mol. The summed E-state index contributed by atoms with van der Waals surface area (Å²) in [5.41, 5.74) is 5.52. The van der Waals surface area contributed by atoms with Crippen molar-refractivity contribution < 1.29 is 4.42 Å². The van der Waals surface area contributed by atoms with Crippen molar-refractivity contribution in [2.45, 2.75) is 0 Å². The summed E-state index contributed by atoms with van der Waals surface area (Å²) in [6.45, 7) is 0. The van der Waals surface area contributed by atoms with E-state index in [1.54, 1.807) is 22.7 Å². The Labute approximate surface area is 276 Å². The van der Waals surface area contributed by atoms with E-state index < -0.39 is 0 Å². The Morgan fingerprint density at radius 3 is 2.06 bits per heavy atom. The van der Waals surface area contributed by atoms with Crippen LogP contribution in [-0.4, -0.2) is 19.9 Å². The van der Waals surface area contributed by atoms with Crippen LogP contribution in [0.25, 0.3) is 97.1 Å². The number of fused-ring (bicyclic) bond motifs is 7. The molecule has 7 heteroatoms. The Bertz CT molecular complexity index is 2780. The molecule has 0 unspecified atom stereocenters. The van der Waals surface area contributed by atoms with Gasteiger partial charge >= 0.3 is 0 Å². The third kappa shape index (κ3) is 4.28. The highest BCUT2D eigenvalue weighted by Gasteiger charge is 2.19. The van der Waals surface area contributed by atoms with Crippen LogP contribution in [0.1, 0.15) is 0 Å². The Hall–Kier alpha value is -5.76. The second kappa shape index (κ2) is 10.4. The summed E-state index contributed by atoms with van der Waals surface area (Å²) >= 11 is 3.55. The zero-order chi connectivity index (χ0) is 30.9. The second-order valence-electron chi connectivity index (χ2n) is 11.4. The first-order chi connectivity index (χ1) is 23.3. The van der Waals surface area contributed by atoms with Gasteiger partial charge in [-0.05, 0) is 48.5 Å². The number of para-hydroxylation sites is 2. The van der Waals surface area contributed by atoms with Crippen LogP contribution >= 0.6 is 22.7 Å². The van der Waals surface area contributed by atoms with Crippen LogP contribution in [-0.2, 0) is 0 Å². The largest absolute Gasteiger partial charge is 0.436 e. The van der Waals surface area contributed by atoms with Gasteiger partial charge in [0, 0.05) is 62.6 Å². The topological polar surface area (TPSA) is 64.7 Å². The predicted octanol–water partition coefficient (Wildman–Crippen LogP) is 11.4. The first-order valence-electron chi connectivity index (χ1n) is 15.3. The summed E-state index contributed by atoms with van der Waals surface area (Å²) in [6.07, 6.45) is 0. The molecule has 0 saturated heterocycles. The van der Waals surface area contributed by atoms with Gasteiger partial charge in [0.2, 0.25) is 5.89 Å². The van der Waals surface area contributed by atoms with Gasteiger partial charge in [-0.3, -0.25) is 0 Å². The Kier molecular flexibility index (Phi) is 5.85. The number of aromatic nitrogens is 4. The van der Waals surface area contributed by atoms with Crippen LogP contribution in [0, 0.1) is 0 Å². The molecule has 0 amide bonds. The molecule has 4 aromatic heterocycles. The van der Waals surface area contributed by atoms with Gasteiger partial charge in [-0.1, -0.05) is 84.9 Å². The fourth-order valence-electron chi connectivity index (χ4n) is 6.40. The number of rotatable bonds is 4. The summed E-state index contributed by atoms with van der Waals surface area (Å²) in [5.74, 6) is 2.59. The zero-order valence-corrected chi connectivity index (χ0v) is 26.3. The maximum Gasteiger partial charge on any atom is 0.227 e. The molecule has 0 atom stereocenters. The molecule has 0 fully saturated rings. The predicted molar refractivity (Wildman–Crippen MR) is 195 cm³/mol. The molecule has 0 spiro atoms. The lowest BCUT2D eigenvalue weighted by atomic mass is 10.0. The minimum Gasteiger partial charge on any atom is -0.436 e. The van der Waals surface area contributed by atoms with Crippen LogP contribution in [0.4, 0.5) is 0 Å². The van der Waals surface area contributed by atoms with Crippen molar-refractivity contribution in [3.05, 3.63) is 133 Å². The summed E-state index contributed by atoms with van der Waals surface area (Å²) < 4.78 is 10.9. The molecule has 0 aliphatic rings. The van der Waals surface area contributed by atoms with Crippen LogP contribution in [0.15, 0.2) is 138 Å². The number of oxazole rings is 1. The second-order valence-corrected chi connectivity index (χ2v) is 13.6. The molecule has 6 aromatic carbocycles. The molecule has 47 heavy (non-hydrogen) atoms. The molecule has 10 aromatic rings. The van der Waals surface area contributed by atoms with E-state index in [9.17, 15) is 0 Å². The standard InChI is InChI=1S/C40H22N4OS2/c1-2-10-23(11-3-1)37-42-38(27-14-9-19-34-35(27)26-12-4-7-18-32(26)46-34)44-39(43-37)28-15-8-13-25-29-22-24(20-21-33(29)47-36(25)28)40-41-30-16-5-6-17-31(30)45-40/h1-22H. The summed E-state index contributed by atoms with van der Waals surface area (Å²) in [5, 5.41) is 4.69. The Morgan fingerprint density at radius 2 is 1.15 bits per heavy atom. The monoisotopic (exact) mass is 638 g/mol. The summed E-state index contributed by atoms with van der Waals surface area (Å²) in [4.78, 5) is 20.1. The van der Waals surface area contributed by atoms with Gasteiger partial charge < -0.3 is 4.42 Å². The maximum atomic E-state index is 6.11. The molecule has 0 aliphatic heterocycles. The molecule has 220 valence electrons. The van der Waals surface area contributed by atoms with Gasteiger partial charge in [0.05, 0.1) is 0 Å². The normalized spacial score (nSPS) is 11.8. The fourth-order valence-corrected chi connectivity index (χ4v) is 8.72. The third-order valence-corrected chi connectivity index (χ3v) is 10.9. The van der Waals surface area contributed by atoms with Crippen molar-refractivity contribution in [2.75, 3.05) is 0 Å². The van der Waals surface area contributed by atoms with Crippen molar-refractivity contribution in [1.29, 1.82) is 0 Å². The highest BCUT2D eigenvalue weighted by Crippen LogP contribution is 2.43. The van der Waals surface area contributed by atoms with Crippen molar-refractivity contribution in [2.24, 2.45) is 0 Å². The Morgan fingerprint density at radius 1 is 0.447 bits per heavy atom. The fraction of sp³-hybridized carbons (Fsp3) is 0. The molecule has 0 N–H and O–H groups in total. The van der Waals surface area contributed by atoms with Crippen LogP contribution in [0.5, 0.6) is 0 Å². The van der Waals surface area contributed by atoms with Crippen molar-refractivity contribution in [3.63, 3.8) is 0 Å². The van der Waals surface area contributed by atoms with Crippen molar-refractivity contribution in [3.8, 4) is 45.6 Å². The van der Waals surface area contributed by atoms with Crippen LogP contribution in [0.2, 0.25) is 0 Å². The molecule has 0 saturated carbocycles. The van der Waals surface area contributed by atoms with Crippen molar-refractivity contribution >= 4 is 74.1 Å². The van der Waals surface area contributed by atoms with E-state index in [-0.39, 0.29) is 0 Å². The zero-order valence-electron chi connectivity index (χ0n) is 24.7. The molecular formula is C40H22N4OS2. The van der Waals surface area contributed by atoms with Gasteiger partial charge in [0.15, 0.2) is 23.1 Å². The lowest BCUT2D eigenvalue weighted by molar-refractivity contribution is 0.620. The highest BCUT2D eigenvalue weighted by atomic mass is 32.1.